The fraction of sp³-hybridized carbons (Fsp3) is 0.600. The Hall–Kier alpha value is 0.0500. The molecule has 0 fully saturated rings. The van der Waals surface area contributed by atoms with Gasteiger partial charge in [-0.25, -0.2) is 13.1 Å². The summed E-state index contributed by atoms with van der Waals surface area (Å²) < 4.78 is 27.6. The molecule has 0 saturated heterocycles. The minimum Gasteiger partial charge on any atom is -0.326 e. The Labute approximate surface area is 115 Å². The van der Waals surface area contributed by atoms with Gasteiger partial charge in [-0.15, -0.1) is 11.3 Å². The monoisotopic (exact) mass is 340 g/mol. The highest BCUT2D eigenvalue weighted by molar-refractivity contribution is 9.11. The molecule has 0 aliphatic rings. The average Bonchev–Trinajstić information content (AvgIpc) is 2.59. The fourth-order valence-electron chi connectivity index (χ4n) is 1.17. The number of sulfonamides is 1. The van der Waals surface area contributed by atoms with Gasteiger partial charge in [-0.1, -0.05) is 6.92 Å². The molecular formula is C10H17BrN2O2S2. The predicted molar refractivity (Wildman–Crippen MR) is 74.6 cm³/mol. The van der Waals surface area contributed by atoms with Gasteiger partial charge in [0, 0.05) is 17.0 Å². The van der Waals surface area contributed by atoms with Crippen LogP contribution in [-0.4, -0.2) is 14.0 Å². The van der Waals surface area contributed by atoms with E-state index in [0.717, 1.165) is 11.3 Å². The maximum atomic E-state index is 12.2. The smallest absolute Gasteiger partial charge is 0.243 e. The van der Waals surface area contributed by atoms with E-state index >= 15 is 0 Å². The van der Waals surface area contributed by atoms with Crippen LogP contribution in [0.4, 0.5) is 0 Å². The lowest BCUT2D eigenvalue weighted by Crippen LogP contribution is -2.42. The van der Waals surface area contributed by atoms with Crippen molar-refractivity contribution in [1.29, 1.82) is 0 Å². The predicted octanol–water partition coefficient (Wildman–Crippen LogP) is 2.44. The van der Waals surface area contributed by atoms with Gasteiger partial charge in [-0.3, -0.25) is 0 Å². The second-order valence-corrected chi connectivity index (χ2v) is 8.50. The van der Waals surface area contributed by atoms with Crippen molar-refractivity contribution in [3.63, 3.8) is 0 Å². The molecule has 7 heteroatoms. The number of hydrogen-bond acceptors (Lipinski definition) is 4. The maximum absolute atomic E-state index is 12.2. The zero-order valence-corrected chi connectivity index (χ0v) is 13.3. The fourth-order valence-corrected chi connectivity index (χ4v) is 5.22. The Morgan fingerprint density at radius 2 is 2.12 bits per heavy atom. The SMILES string of the molecule is CCC(C)(C)NS(=O)(=O)c1cc(CN)sc1Br. The van der Waals surface area contributed by atoms with Crippen molar-refractivity contribution in [3.8, 4) is 0 Å². The Kier molecular flexibility index (Phi) is 4.76. The van der Waals surface area contributed by atoms with Crippen LogP contribution in [0.15, 0.2) is 14.7 Å². The van der Waals surface area contributed by atoms with Crippen LogP contribution in [0.25, 0.3) is 0 Å². The Morgan fingerprint density at radius 1 is 1.53 bits per heavy atom. The molecule has 0 unspecified atom stereocenters. The van der Waals surface area contributed by atoms with E-state index in [2.05, 4.69) is 20.7 Å². The van der Waals surface area contributed by atoms with Gasteiger partial charge in [0.1, 0.15) is 4.90 Å². The van der Waals surface area contributed by atoms with Gasteiger partial charge in [-0.2, -0.15) is 0 Å². The van der Waals surface area contributed by atoms with Crippen LogP contribution in [0.5, 0.6) is 0 Å². The molecule has 0 aliphatic carbocycles. The molecule has 0 saturated carbocycles. The molecule has 3 N–H and O–H groups in total. The minimum absolute atomic E-state index is 0.268. The summed E-state index contributed by atoms with van der Waals surface area (Å²) in [6.45, 7) is 6.00. The van der Waals surface area contributed by atoms with Crippen LogP contribution < -0.4 is 10.5 Å². The normalized spacial score (nSPS) is 13.0. The molecule has 1 aromatic heterocycles. The first kappa shape index (κ1) is 15.1. The summed E-state index contributed by atoms with van der Waals surface area (Å²) in [4.78, 5) is 1.11. The van der Waals surface area contributed by atoms with Crippen LogP contribution in [0.1, 0.15) is 32.1 Å². The van der Waals surface area contributed by atoms with Crippen molar-refractivity contribution in [2.75, 3.05) is 0 Å². The van der Waals surface area contributed by atoms with Gasteiger partial charge in [0.2, 0.25) is 10.0 Å². The summed E-state index contributed by atoms with van der Waals surface area (Å²) in [5, 5.41) is 0. The Bertz CT molecular complexity index is 494. The van der Waals surface area contributed by atoms with E-state index in [-0.39, 0.29) is 4.90 Å². The van der Waals surface area contributed by atoms with E-state index in [1.165, 1.54) is 11.3 Å². The highest BCUT2D eigenvalue weighted by Crippen LogP contribution is 2.32. The van der Waals surface area contributed by atoms with Gasteiger partial charge in [0.15, 0.2) is 0 Å². The largest absolute Gasteiger partial charge is 0.326 e. The number of hydrogen-bond donors (Lipinski definition) is 2. The molecule has 0 radical (unpaired) electrons. The molecule has 0 aliphatic heterocycles. The number of rotatable bonds is 5. The van der Waals surface area contributed by atoms with E-state index < -0.39 is 15.6 Å². The van der Waals surface area contributed by atoms with Crippen molar-refractivity contribution >= 4 is 37.3 Å². The summed E-state index contributed by atoms with van der Waals surface area (Å²) in [6, 6.07) is 1.61. The van der Waals surface area contributed by atoms with Gasteiger partial charge < -0.3 is 5.73 Å². The quantitative estimate of drug-likeness (QED) is 0.864. The summed E-state index contributed by atoms with van der Waals surface area (Å²) in [5.74, 6) is 0. The molecule has 1 aromatic rings. The summed E-state index contributed by atoms with van der Waals surface area (Å²) in [6.07, 6.45) is 0.720. The first-order chi connectivity index (χ1) is 7.72. The van der Waals surface area contributed by atoms with E-state index in [1.54, 1.807) is 6.07 Å². The average molecular weight is 341 g/mol. The van der Waals surface area contributed by atoms with Crippen molar-refractivity contribution in [1.82, 2.24) is 4.72 Å². The van der Waals surface area contributed by atoms with Crippen LogP contribution in [0, 0.1) is 0 Å². The molecule has 0 amide bonds. The third-order valence-corrected chi connectivity index (χ3v) is 6.46. The van der Waals surface area contributed by atoms with Crippen LogP contribution in [0.3, 0.4) is 0 Å². The van der Waals surface area contributed by atoms with E-state index in [9.17, 15) is 8.42 Å². The van der Waals surface area contributed by atoms with Crippen molar-refractivity contribution in [2.45, 2.75) is 44.2 Å². The zero-order chi connectivity index (χ0) is 13.3. The lowest BCUT2D eigenvalue weighted by atomic mass is 10.0. The standard InChI is InChI=1S/C10H17BrN2O2S2/c1-4-10(2,3)13-17(14,15)8-5-7(6-12)16-9(8)11/h5,13H,4,6,12H2,1-3H3. The molecule has 17 heavy (non-hydrogen) atoms. The Balaban J connectivity index is 3.09. The topological polar surface area (TPSA) is 72.2 Å². The number of halogens is 1. The number of nitrogens with one attached hydrogen (secondary N) is 1. The van der Waals surface area contributed by atoms with Crippen LogP contribution in [-0.2, 0) is 16.6 Å². The van der Waals surface area contributed by atoms with E-state index in [0.29, 0.717) is 10.3 Å². The molecule has 1 rings (SSSR count). The molecule has 0 bridgehead atoms. The minimum atomic E-state index is -3.49. The molecule has 98 valence electrons. The highest BCUT2D eigenvalue weighted by atomic mass is 79.9. The van der Waals surface area contributed by atoms with Crippen LogP contribution >= 0.6 is 27.3 Å². The zero-order valence-electron chi connectivity index (χ0n) is 10.1. The third kappa shape index (κ3) is 3.75. The van der Waals surface area contributed by atoms with Crippen molar-refractivity contribution < 1.29 is 8.42 Å². The molecular weight excluding hydrogens is 324 g/mol. The highest BCUT2D eigenvalue weighted by Gasteiger charge is 2.27. The Morgan fingerprint density at radius 3 is 2.53 bits per heavy atom. The lowest BCUT2D eigenvalue weighted by Gasteiger charge is -2.23. The number of thiophene rings is 1. The first-order valence-electron chi connectivity index (χ1n) is 5.24. The van der Waals surface area contributed by atoms with Crippen molar-refractivity contribution in [3.05, 3.63) is 14.7 Å². The third-order valence-electron chi connectivity index (χ3n) is 2.49. The van der Waals surface area contributed by atoms with Crippen LogP contribution in [0.2, 0.25) is 0 Å². The van der Waals surface area contributed by atoms with Gasteiger partial charge in [0.25, 0.3) is 0 Å². The molecule has 1 heterocycles. The molecule has 0 aromatic carbocycles. The molecule has 0 atom stereocenters. The maximum Gasteiger partial charge on any atom is 0.243 e. The summed E-state index contributed by atoms with van der Waals surface area (Å²) in [7, 11) is -3.49. The summed E-state index contributed by atoms with van der Waals surface area (Å²) in [5.41, 5.74) is 5.05. The second kappa shape index (κ2) is 5.36. The van der Waals surface area contributed by atoms with E-state index in [1.807, 2.05) is 20.8 Å². The summed E-state index contributed by atoms with van der Waals surface area (Å²) >= 11 is 4.61. The lowest BCUT2D eigenvalue weighted by molar-refractivity contribution is 0.439. The number of nitrogens with two attached hydrogens (primary N) is 1. The first-order valence-corrected chi connectivity index (χ1v) is 8.33. The van der Waals surface area contributed by atoms with Gasteiger partial charge in [-0.05, 0) is 42.3 Å². The second-order valence-electron chi connectivity index (χ2n) is 4.40. The van der Waals surface area contributed by atoms with Gasteiger partial charge >= 0.3 is 0 Å². The van der Waals surface area contributed by atoms with E-state index in [4.69, 9.17) is 5.73 Å². The molecule has 0 spiro atoms. The molecule has 4 nitrogen and oxygen atoms in total. The van der Waals surface area contributed by atoms with Gasteiger partial charge in [0.05, 0.1) is 3.79 Å². The van der Waals surface area contributed by atoms with Crippen molar-refractivity contribution in [2.24, 2.45) is 5.73 Å².